The van der Waals surface area contributed by atoms with Crippen molar-refractivity contribution in [1.29, 1.82) is 0 Å². The zero-order valence-corrected chi connectivity index (χ0v) is 17.2. The molecule has 2 aromatic heterocycles. The number of alkyl halides is 3. The molecule has 0 radical (unpaired) electrons. The minimum Gasteiger partial charge on any atom is -0.301 e. The number of fused-ring (bicyclic) bond motifs is 1. The Morgan fingerprint density at radius 1 is 1.07 bits per heavy atom. The van der Waals surface area contributed by atoms with Crippen molar-refractivity contribution in [3.8, 4) is 17.1 Å². The molecule has 152 valence electrons. The number of aromatic nitrogens is 3. The fourth-order valence-corrected chi connectivity index (χ4v) is 4.15. The molecule has 4 rings (SSSR count). The molecule has 0 atom stereocenters. The van der Waals surface area contributed by atoms with E-state index < -0.39 is 12.1 Å². The monoisotopic (exact) mass is 466 g/mol. The first-order valence-corrected chi connectivity index (χ1v) is 9.97. The normalized spacial score (nSPS) is 11.6. The minimum absolute atomic E-state index is 0.120. The Morgan fingerprint density at radius 3 is 2.37 bits per heavy atom. The highest BCUT2D eigenvalue weighted by molar-refractivity contribution is 7.73. The second kappa shape index (κ2) is 7.78. The average molecular weight is 467 g/mol. The van der Waals surface area contributed by atoms with E-state index >= 15 is 0 Å². The van der Waals surface area contributed by atoms with E-state index in [4.69, 9.17) is 23.8 Å². The smallest absolute Gasteiger partial charge is 0.301 e. The summed E-state index contributed by atoms with van der Waals surface area (Å²) in [6.07, 6.45) is -5.07. The third-order valence-corrected chi connectivity index (χ3v) is 5.66. The lowest BCUT2D eigenvalue weighted by Gasteiger charge is -2.11. The van der Waals surface area contributed by atoms with E-state index in [1.807, 2.05) is 11.4 Å². The van der Waals surface area contributed by atoms with Crippen molar-refractivity contribution < 1.29 is 18.0 Å². The summed E-state index contributed by atoms with van der Waals surface area (Å²) in [7, 11) is 0. The summed E-state index contributed by atoms with van der Waals surface area (Å²) >= 11 is 12.3. The van der Waals surface area contributed by atoms with Crippen LogP contribution in [0.25, 0.3) is 27.4 Å². The van der Waals surface area contributed by atoms with Crippen LogP contribution in [0.4, 0.5) is 19.0 Å². The summed E-state index contributed by atoms with van der Waals surface area (Å²) in [5.74, 6) is -2.28. The number of hydrogen-bond acceptors (Lipinski definition) is 5. The van der Waals surface area contributed by atoms with Gasteiger partial charge in [-0.15, -0.1) is 0 Å². The van der Waals surface area contributed by atoms with Crippen molar-refractivity contribution in [3.63, 3.8) is 0 Å². The number of thiazole rings is 1. The fraction of sp³-hybridized carbons (Fsp3) is 0.0526. The van der Waals surface area contributed by atoms with Crippen LogP contribution in [0.15, 0.2) is 54.6 Å². The second-order valence-electron chi connectivity index (χ2n) is 6.05. The number of rotatable bonds is 3. The van der Waals surface area contributed by atoms with Gasteiger partial charge in [-0.25, -0.2) is 9.97 Å². The van der Waals surface area contributed by atoms with Crippen LogP contribution in [-0.2, 0) is 4.79 Å². The van der Waals surface area contributed by atoms with Gasteiger partial charge in [0.05, 0.1) is 0 Å². The van der Waals surface area contributed by atoms with Gasteiger partial charge in [0.2, 0.25) is 0 Å². The van der Waals surface area contributed by atoms with Crippen LogP contribution >= 0.6 is 35.2 Å². The van der Waals surface area contributed by atoms with E-state index in [2.05, 4.69) is 9.97 Å². The van der Waals surface area contributed by atoms with Crippen LogP contribution in [0, 0.1) is 3.95 Å². The summed E-state index contributed by atoms with van der Waals surface area (Å²) in [5.41, 5.74) is 1.48. The maximum absolute atomic E-state index is 12.9. The van der Waals surface area contributed by atoms with Gasteiger partial charge in [-0.1, -0.05) is 41.1 Å². The third-order valence-electron chi connectivity index (χ3n) is 4.04. The average Bonchev–Trinajstić information content (AvgIpc) is 3.04. The van der Waals surface area contributed by atoms with Crippen molar-refractivity contribution >= 4 is 57.2 Å². The predicted octanol–water partition coefficient (Wildman–Crippen LogP) is 6.03. The highest BCUT2D eigenvalue weighted by atomic mass is 35.5. The topological polar surface area (TPSA) is 59.8 Å². The fourth-order valence-electron chi connectivity index (χ4n) is 2.70. The lowest BCUT2D eigenvalue weighted by atomic mass is 10.2. The molecule has 0 unspecified atom stereocenters. The molecule has 11 heteroatoms. The Kier molecular flexibility index (Phi) is 5.31. The molecule has 0 aliphatic carbocycles. The van der Waals surface area contributed by atoms with Crippen molar-refractivity contribution in [2.75, 3.05) is 5.32 Å². The predicted molar refractivity (Wildman–Crippen MR) is 113 cm³/mol. The zero-order valence-electron chi connectivity index (χ0n) is 14.8. The van der Waals surface area contributed by atoms with E-state index in [1.54, 1.807) is 53.1 Å². The van der Waals surface area contributed by atoms with E-state index in [-0.39, 0.29) is 22.0 Å². The van der Waals surface area contributed by atoms with E-state index in [0.717, 1.165) is 11.3 Å². The molecule has 1 N–H and O–H groups in total. The van der Waals surface area contributed by atoms with Gasteiger partial charge in [0.1, 0.15) is 4.70 Å². The molecule has 0 spiro atoms. The number of hydrogen-bond donors (Lipinski definition) is 1. The van der Waals surface area contributed by atoms with Crippen LogP contribution in [-0.4, -0.2) is 26.6 Å². The first kappa shape index (κ1) is 20.5. The SMILES string of the molecule is O=C(Nc1nc(-c2ccc(Cl)cc2)nc2c1sc(=S)n2-c1ccccc1)C(F)(F)F. The molecule has 0 saturated heterocycles. The Bertz CT molecular complexity index is 1300. The summed E-state index contributed by atoms with van der Waals surface area (Å²) in [4.78, 5) is 20.3. The molecule has 0 aliphatic rings. The summed E-state index contributed by atoms with van der Waals surface area (Å²) in [5, 5.41) is 2.33. The molecule has 4 aromatic rings. The Hall–Kier alpha value is -2.82. The molecule has 0 saturated carbocycles. The summed E-state index contributed by atoms with van der Waals surface area (Å²) in [6, 6.07) is 15.5. The minimum atomic E-state index is -5.07. The van der Waals surface area contributed by atoms with Gasteiger partial charge in [0, 0.05) is 16.3 Å². The Morgan fingerprint density at radius 2 is 1.73 bits per heavy atom. The molecule has 0 aliphatic heterocycles. The van der Waals surface area contributed by atoms with Gasteiger partial charge in [0.15, 0.2) is 21.2 Å². The Balaban J connectivity index is 1.98. The van der Waals surface area contributed by atoms with Crippen LogP contribution in [0.5, 0.6) is 0 Å². The van der Waals surface area contributed by atoms with Gasteiger partial charge in [-0.3, -0.25) is 9.36 Å². The lowest BCUT2D eigenvalue weighted by molar-refractivity contribution is -0.167. The third kappa shape index (κ3) is 3.93. The van der Waals surface area contributed by atoms with Gasteiger partial charge in [-0.2, -0.15) is 13.2 Å². The first-order chi connectivity index (χ1) is 14.2. The van der Waals surface area contributed by atoms with Crippen molar-refractivity contribution in [3.05, 3.63) is 63.6 Å². The standard InChI is InChI=1S/C19H10ClF3N4OS2/c20-11-8-6-10(7-9-11)14-24-15(26-17(28)19(21,22)23)13-16(25-14)27(18(29)30-13)12-4-2-1-3-5-12/h1-9H,(H,24,25,26,28). The highest BCUT2D eigenvalue weighted by Crippen LogP contribution is 2.33. The van der Waals surface area contributed by atoms with Gasteiger partial charge < -0.3 is 5.32 Å². The number of benzene rings is 2. The number of nitrogens with one attached hydrogen (secondary N) is 1. The second-order valence-corrected chi connectivity index (χ2v) is 8.13. The molecule has 5 nitrogen and oxygen atoms in total. The van der Waals surface area contributed by atoms with E-state index in [9.17, 15) is 18.0 Å². The number of para-hydroxylation sites is 1. The molecular formula is C19H10ClF3N4OS2. The van der Waals surface area contributed by atoms with Crippen LogP contribution < -0.4 is 5.32 Å². The quantitative estimate of drug-likeness (QED) is 0.374. The molecule has 2 aromatic carbocycles. The summed E-state index contributed by atoms with van der Waals surface area (Å²) < 4.78 is 40.8. The number of halogens is 4. The van der Waals surface area contributed by atoms with Crippen molar-refractivity contribution in [2.24, 2.45) is 0 Å². The van der Waals surface area contributed by atoms with Crippen molar-refractivity contribution in [1.82, 2.24) is 14.5 Å². The molecule has 1 amide bonds. The number of anilines is 1. The van der Waals surface area contributed by atoms with Gasteiger partial charge in [-0.05, 0) is 48.6 Å². The first-order valence-electron chi connectivity index (χ1n) is 8.37. The van der Waals surface area contributed by atoms with Crippen LogP contribution in [0.2, 0.25) is 5.02 Å². The van der Waals surface area contributed by atoms with Gasteiger partial charge >= 0.3 is 12.1 Å². The zero-order chi connectivity index (χ0) is 21.5. The molecule has 0 bridgehead atoms. The molecule has 30 heavy (non-hydrogen) atoms. The van der Waals surface area contributed by atoms with Crippen LogP contribution in [0.1, 0.15) is 0 Å². The van der Waals surface area contributed by atoms with Crippen molar-refractivity contribution in [2.45, 2.75) is 6.18 Å². The lowest BCUT2D eigenvalue weighted by Crippen LogP contribution is -2.30. The number of carbonyl (C=O) groups excluding carboxylic acids is 1. The molecular weight excluding hydrogens is 457 g/mol. The number of carbonyl (C=O) groups is 1. The molecule has 2 heterocycles. The Labute approximate surface area is 181 Å². The van der Waals surface area contributed by atoms with Crippen LogP contribution in [0.3, 0.4) is 0 Å². The van der Waals surface area contributed by atoms with Gasteiger partial charge in [0.25, 0.3) is 0 Å². The summed E-state index contributed by atoms with van der Waals surface area (Å²) in [6.45, 7) is 0. The molecule has 0 fully saturated rings. The largest absolute Gasteiger partial charge is 0.471 e. The van der Waals surface area contributed by atoms with E-state index in [0.29, 0.717) is 20.2 Å². The number of amides is 1. The highest BCUT2D eigenvalue weighted by Gasteiger charge is 2.39. The maximum atomic E-state index is 12.9. The maximum Gasteiger partial charge on any atom is 0.471 e. The number of nitrogens with zero attached hydrogens (tertiary/aromatic N) is 3. The van der Waals surface area contributed by atoms with E-state index in [1.165, 1.54) is 0 Å².